The van der Waals surface area contributed by atoms with E-state index in [0.29, 0.717) is 29.7 Å². The van der Waals surface area contributed by atoms with Gasteiger partial charge < -0.3 is 4.74 Å². The summed E-state index contributed by atoms with van der Waals surface area (Å²) in [6.07, 6.45) is 1.85. The van der Waals surface area contributed by atoms with Gasteiger partial charge in [-0.1, -0.05) is 25.1 Å². The van der Waals surface area contributed by atoms with Crippen LogP contribution in [0.5, 0.6) is 11.5 Å². The fraction of sp³-hybridized carbons (Fsp3) is 0.333. The lowest BCUT2D eigenvalue weighted by Crippen LogP contribution is -2.37. The van der Waals surface area contributed by atoms with Gasteiger partial charge in [-0.2, -0.15) is 4.31 Å². The van der Waals surface area contributed by atoms with Crippen molar-refractivity contribution < 1.29 is 13.2 Å². The van der Waals surface area contributed by atoms with Crippen LogP contribution in [0.25, 0.3) is 0 Å². The third kappa shape index (κ3) is 3.74. The number of piperidine rings is 1. The molecule has 0 spiro atoms. The Bertz CT molecular complexity index is 734. The van der Waals surface area contributed by atoms with Crippen LogP contribution in [0.4, 0.5) is 0 Å². The van der Waals surface area contributed by atoms with E-state index in [-0.39, 0.29) is 0 Å². The summed E-state index contributed by atoms with van der Waals surface area (Å²) >= 11 is 0. The lowest BCUT2D eigenvalue weighted by Gasteiger charge is -2.29. The minimum atomic E-state index is -3.40. The van der Waals surface area contributed by atoms with E-state index >= 15 is 0 Å². The summed E-state index contributed by atoms with van der Waals surface area (Å²) in [4.78, 5) is 0.326. The number of rotatable bonds is 4. The molecule has 0 amide bonds. The zero-order valence-corrected chi connectivity index (χ0v) is 14.0. The average Bonchev–Trinajstić information content (AvgIpc) is 2.57. The van der Waals surface area contributed by atoms with E-state index in [1.165, 1.54) is 0 Å². The van der Waals surface area contributed by atoms with E-state index in [1.54, 1.807) is 28.6 Å². The van der Waals surface area contributed by atoms with Gasteiger partial charge in [-0.25, -0.2) is 8.42 Å². The molecule has 0 bridgehead atoms. The monoisotopic (exact) mass is 331 g/mol. The Hall–Kier alpha value is -1.85. The van der Waals surface area contributed by atoms with E-state index in [4.69, 9.17) is 4.74 Å². The number of hydrogen-bond acceptors (Lipinski definition) is 3. The largest absolute Gasteiger partial charge is 0.457 e. The van der Waals surface area contributed by atoms with Gasteiger partial charge >= 0.3 is 0 Å². The van der Waals surface area contributed by atoms with Crippen molar-refractivity contribution in [3.05, 3.63) is 54.6 Å². The van der Waals surface area contributed by atoms with Crippen LogP contribution in [0.2, 0.25) is 0 Å². The summed E-state index contributed by atoms with van der Waals surface area (Å²) < 4.78 is 32.6. The molecule has 0 saturated carbocycles. The normalized spacial score (nSPS) is 17.1. The predicted molar refractivity (Wildman–Crippen MR) is 90.1 cm³/mol. The molecule has 23 heavy (non-hydrogen) atoms. The molecule has 122 valence electrons. The first kappa shape index (κ1) is 16.0. The minimum absolute atomic E-state index is 0.326. The molecular weight excluding hydrogens is 310 g/mol. The molecule has 0 N–H and O–H groups in total. The molecule has 1 saturated heterocycles. The van der Waals surface area contributed by atoms with Crippen LogP contribution in [-0.2, 0) is 10.0 Å². The predicted octanol–water partition coefficient (Wildman–Crippen LogP) is 3.90. The van der Waals surface area contributed by atoms with Gasteiger partial charge in [-0.05, 0) is 55.2 Å². The number of ether oxygens (including phenoxy) is 1. The second-order valence-corrected chi connectivity index (χ2v) is 7.91. The van der Waals surface area contributed by atoms with Crippen molar-refractivity contribution in [2.45, 2.75) is 24.7 Å². The average molecular weight is 331 g/mol. The molecule has 1 heterocycles. The standard InChI is InChI=1S/C18H21NO3S/c1-15-11-13-19(14-12-15)23(20,21)18-9-7-17(8-10-18)22-16-5-3-2-4-6-16/h2-10,15H,11-14H2,1H3. The highest BCUT2D eigenvalue weighted by atomic mass is 32.2. The smallest absolute Gasteiger partial charge is 0.243 e. The molecule has 0 aliphatic carbocycles. The summed E-state index contributed by atoms with van der Waals surface area (Å²) in [5, 5.41) is 0. The fourth-order valence-electron chi connectivity index (χ4n) is 2.68. The molecule has 4 nitrogen and oxygen atoms in total. The molecule has 0 aromatic heterocycles. The zero-order chi connectivity index (χ0) is 16.3. The van der Waals surface area contributed by atoms with E-state index in [1.807, 2.05) is 30.3 Å². The number of para-hydroxylation sites is 1. The third-order valence-corrected chi connectivity index (χ3v) is 6.10. The first-order valence-corrected chi connectivity index (χ1v) is 9.33. The third-order valence-electron chi connectivity index (χ3n) is 4.18. The van der Waals surface area contributed by atoms with E-state index in [2.05, 4.69) is 6.92 Å². The van der Waals surface area contributed by atoms with Gasteiger partial charge in [0, 0.05) is 13.1 Å². The fourth-order valence-corrected chi connectivity index (χ4v) is 4.15. The summed E-state index contributed by atoms with van der Waals surface area (Å²) in [6.45, 7) is 3.37. The number of hydrogen-bond donors (Lipinski definition) is 0. The molecule has 1 aliphatic heterocycles. The van der Waals surface area contributed by atoms with Gasteiger partial charge in [-0.3, -0.25) is 0 Å². The summed E-state index contributed by atoms with van der Waals surface area (Å²) in [5.41, 5.74) is 0. The van der Waals surface area contributed by atoms with Crippen LogP contribution in [-0.4, -0.2) is 25.8 Å². The van der Waals surface area contributed by atoms with Crippen molar-refractivity contribution >= 4 is 10.0 Å². The Morgan fingerprint density at radius 3 is 2.09 bits per heavy atom. The summed E-state index contributed by atoms with van der Waals surface area (Å²) in [5.74, 6) is 1.96. The molecule has 3 rings (SSSR count). The second kappa shape index (κ2) is 6.72. The quantitative estimate of drug-likeness (QED) is 0.853. The molecule has 1 fully saturated rings. The van der Waals surface area contributed by atoms with Crippen LogP contribution < -0.4 is 4.74 Å². The van der Waals surface area contributed by atoms with Crippen LogP contribution >= 0.6 is 0 Å². The maximum Gasteiger partial charge on any atom is 0.243 e. The number of benzene rings is 2. The molecule has 0 radical (unpaired) electrons. The Morgan fingerprint density at radius 2 is 1.48 bits per heavy atom. The Labute approximate surface area is 137 Å². The van der Waals surface area contributed by atoms with E-state index in [0.717, 1.165) is 18.6 Å². The van der Waals surface area contributed by atoms with Gasteiger partial charge in [0.15, 0.2) is 0 Å². The topological polar surface area (TPSA) is 46.6 Å². The molecule has 0 unspecified atom stereocenters. The van der Waals surface area contributed by atoms with E-state index in [9.17, 15) is 8.42 Å². The Balaban J connectivity index is 1.73. The van der Waals surface area contributed by atoms with Crippen molar-refractivity contribution in [1.29, 1.82) is 0 Å². The van der Waals surface area contributed by atoms with Gasteiger partial charge in [-0.15, -0.1) is 0 Å². The van der Waals surface area contributed by atoms with Crippen molar-refractivity contribution in [2.75, 3.05) is 13.1 Å². The Kier molecular flexibility index (Phi) is 4.68. The SMILES string of the molecule is CC1CCN(S(=O)(=O)c2ccc(Oc3ccccc3)cc2)CC1. The number of sulfonamides is 1. The van der Waals surface area contributed by atoms with Gasteiger partial charge in [0.25, 0.3) is 0 Å². The van der Waals surface area contributed by atoms with Crippen LogP contribution in [0.3, 0.4) is 0 Å². The first-order chi connectivity index (χ1) is 11.1. The van der Waals surface area contributed by atoms with Gasteiger partial charge in [0.05, 0.1) is 4.90 Å². The molecule has 2 aromatic carbocycles. The minimum Gasteiger partial charge on any atom is -0.457 e. The van der Waals surface area contributed by atoms with Crippen LogP contribution in [0.1, 0.15) is 19.8 Å². The van der Waals surface area contributed by atoms with Crippen molar-refractivity contribution in [3.8, 4) is 11.5 Å². The molecular formula is C18H21NO3S. The lowest BCUT2D eigenvalue weighted by molar-refractivity contribution is 0.288. The highest BCUT2D eigenvalue weighted by Crippen LogP contribution is 2.26. The Morgan fingerprint density at radius 1 is 0.913 bits per heavy atom. The summed E-state index contributed by atoms with van der Waals surface area (Å²) in [7, 11) is -3.40. The lowest BCUT2D eigenvalue weighted by atomic mass is 10.0. The second-order valence-electron chi connectivity index (χ2n) is 5.97. The van der Waals surface area contributed by atoms with Gasteiger partial charge in [0.1, 0.15) is 11.5 Å². The molecule has 0 atom stereocenters. The number of nitrogens with zero attached hydrogens (tertiary/aromatic N) is 1. The highest BCUT2D eigenvalue weighted by molar-refractivity contribution is 7.89. The van der Waals surface area contributed by atoms with Gasteiger partial charge in [0.2, 0.25) is 10.0 Å². The first-order valence-electron chi connectivity index (χ1n) is 7.89. The van der Waals surface area contributed by atoms with Crippen LogP contribution in [0, 0.1) is 5.92 Å². The van der Waals surface area contributed by atoms with Crippen molar-refractivity contribution in [3.63, 3.8) is 0 Å². The maximum absolute atomic E-state index is 12.6. The molecule has 2 aromatic rings. The van der Waals surface area contributed by atoms with E-state index < -0.39 is 10.0 Å². The zero-order valence-electron chi connectivity index (χ0n) is 13.2. The highest BCUT2D eigenvalue weighted by Gasteiger charge is 2.27. The maximum atomic E-state index is 12.6. The van der Waals surface area contributed by atoms with Crippen LogP contribution in [0.15, 0.2) is 59.5 Å². The van der Waals surface area contributed by atoms with Crippen molar-refractivity contribution in [1.82, 2.24) is 4.31 Å². The van der Waals surface area contributed by atoms with Crippen molar-refractivity contribution in [2.24, 2.45) is 5.92 Å². The summed E-state index contributed by atoms with van der Waals surface area (Å²) in [6, 6.07) is 16.1. The molecule has 5 heteroatoms. The molecule has 1 aliphatic rings.